The van der Waals surface area contributed by atoms with Gasteiger partial charge >= 0.3 is 22.4 Å². The van der Waals surface area contributed by atoms with Crippen LogP contribution in [0, 0.1) is 0 Å². The van der Waals surface area contributed by atoms with E-state index in [0.717, 1.165) is 0 Å². The average molecular weight is 398 g/mol. The number of carbonyl (C=O) groups excluding carboxylic acids is 2. The van der Waals surface area contributed by atoms with Crippen molar-refractivity contribution in [1.29, 1.82) is 0 Å². The highest BCUT2D eigenvalue weighted by molar-refractivity contribution is 7.84. The van der Waals surface area contributed by atoms with Gasteiger partial charge in [0.25, 0.3) is 0 Å². The van der Waals surface area contributed by atoms with Gasteiger partial charge in [0.15, 0.2) is 11.7 Å². The van der Waals surface area contributed by atoms with Gasteiger partial charge in [0.1, 0.15) is 11.2 Å². The van der Waals surface area contributed by atoms with Crippen molar-refractivity contribution in [2.24, 2.45) is 0 Å². The summed E-state index contributed by atoms with van der Waals surface area (Å²) >= 11 is 0. The van der Waals surface area contributed by atoms with Gasteiger partial charge < -0.3 is 14.2 Å². The molecule has 9 nitrogen and oxygen atoms in total. The van der Waals surface area contributed by atoms with Crippen molar-refractivity contribution in [2.75, 3.05) is 13.2 Å². The Morgan fingerprint density at radius 1 is 1.15 bits per heavy atom. The first-order valence-electron chi connectivity index (χ1n) is 7.97. The smallest absolute Gasteiger partial charge is 0.427 e. The molecule has 1 fully saturated rings. The van der Waals surface area contributed by atoms with Crippen LogP contribution in [0.25, 0.3) is 0 Å². The number of hydrogen-bond donors (Lipinski definition) is 1. The number of hydrogen-bond acceptors (Lipinski definition) is 7. The lowest BCUT2D eigenvalue weighted by Gasteiger charge is -2.44. The van der Waals surface area contributed by atoms with E-state index in [2.05, 4.69) is 0 Å². The van der Waals surface area contributed by atoms with Crippen LogP contribution in [0.1, 0.15) is 48.0 Å². The van der Waals surface area contributed by atoms with E-state index in [4.69, 9.17) is 14.2 Å². The van der Waals surface area contributed by atoms with Gasteiger partial charge in [-0.25, -0.2) is 14.0 Å². The van der Waals surface area contributed by atoms with Crippen LogP contribution in [0.15, 0.2) is 0 Å². The molecule has 0 saturated carbocycles. The van der Waals surface area contributed by atoms with Crippen LogP contribution >= 0.6 is 0 Å². The van der Waals surface area contributed by atoms with E-state index < -0.39 is 58.3 Å². The molecule has 0 aromatic heterocycles. The highest BCUT2D eigenvalue weighted by Crippen LogP contribution is 2.36. The monoisotopic (exact) mass is 398 g/mol. The van der Waals surface area contributed by atoms with Crippen molar-refractivity contribution in [3.63, 3.8) is 0 Å². The van der Waals surface area contributed by atoms with Crippen LogP contribution < -0.4 is 0 Å². The Morgan fingerprint density at radius 3 is 2.04 bits per heavy atom. The number of amides is 1. The van der Waals surface area contributed by atoms with E-state index in [1.54, 1.807) is 0 Å². The summed E-state index contributed by atoms with van der Waals surface area (Å²) in [5.74, 6) is -1.32. The van der Waals surface area contributed by atoms with Gasteiger partial charge in [-0.1, -0.05) is 0 Å². The van der Waals surface area contributed by atoms with Crippen LogP contribution in [0.4, 0.5) is 9.18 Å². The number of carbonyl (C=O) groups is 2. The molecule has 0 bridgehead atoms. The van der Waals surface area contributed by atoms with Crippen LogP contribution in [0.3, 0.4) is 0 Å². The molecule has 0 radical (unpaired) electrons. The van der Waals surface area contributed by atoms with E-state index in [0.29, 0.717) is 0 Å². The Bertz CT molecular complexity index is 652. The largest absolute Gasteiger partial charge is 0.458 e. The van der Waals surface area contributed by atoms with Crippen molar-refractivity contribution in [1.82, 2.24) is 4.31 Å². The van der Waals surface area contributed by atoms with E-state index in [1.165, 1.54) is 41.5 Å². The fraction of sp³-hybridized carbons (Fsp3) is 0.867. The van der Waals surface area contributed by atoms with Crippen molar-refractivity contribution in [3.8, 4) is 0 Å². The summed E-state index contributed by atoms with van der Waals surface area (Å²) in [6.45, 7) is 7.95. The van der Waals surface area contributed by atoms with Crippen molar-refractivity contribution >= 4 is 22.4 Å². The molecule has 0 aliphatic carbocycles. The molecule has 26 heavy (non-hydrogen) atoms. The van der Waals surface area contributed by atoms with Gasteiger partial charge in [0.05, 0.1) is 6.61 Å². The molecule has 1 N–H and O–H groups in total. The Hall–Kier alpha value is -1.46. The number of alkyl halides is 1. The van der Waals surface area contributed by atoms with Gasteiger partial charge in [-0.3, -0.25) is 4.55 Å². The second kappa shape index (κ2) is 7.28. The van der Waals surface area contributed by atoms with Crippen molar-refractivity contribution < 1.29 is 41.2 Å². The highest BCUT2D eigenvalue weighted by atomic mass is 32.2. The van der Waals surface area contributed by atoms with Crippen molar-refractivity contribution in [2.45, 2.75) is 70.9 Å². The van der Waals surface area contributed by atoms with E-state index >= 15 is 0 Å². The van der Waals surface area contributed by atoms with Gasteiger partial charge in [0.2, 0.25) is 0 Å². The molecule has 0 aromatic rings. The molecular formula is C15H26FNO8S. The average Bonchev–Trinajstić information content (AvgIpc) is 2.35. The minimum absolute atomic E-state index is 0.228. The van der Waals surface area contributed by atoms with E-state index in [9.17, 15) is 27.0 Å². The fourth-order valence-corrected chi connectivity index (χ4v) is 3.30. The summed E-state index contributed by atoms with van der Waals surface area (Å²) < 4.78 is 63.1. The quantitative estimate of drug-likeness (QED) is 0.565. The maximum absolute atomic E-state index is 14.9. The molecule has 11 heteroatoms. The number of halogens is 1. The van der Waals surface area contributed by atoms with Gasteiger partial charge in [-0.05, 0) is 41.5 Å². The standard InChI is InChI=1S/C15H26FNO8S/c1-13(2,3)24-11(18)15(7-8-23-9-10(15)16)17(26(20,21)22)12(19)25-14(4,5)6/h10H,7-9H2,1-6H3,(H,20,21,22)/t10-,15-/m1/s1/i16-1. The zero-order valence-corrected chi connectivity index (χ0v) is 16.6. The SMILES string of the molecule is CC(C)(C)OC(=O)N([C@]1(C(=O)OC(C)(C)C)CCOC[C@H]1[18F])S(=O)(=O)O. The molecule has 1 amide bonds. The van der Waals surface area contributed by atoms with Crippen LogP contribution in [-0.2, 0) is 29.3 Å². The Labute approximate surface area is 152 Å². The van der Waals surface area contributed by atoms with Gasteiger partial charge in [-0.15, -0.1) is 0 Å². The highest BCUT2D eigenvalue weighted by Gasteiger charge is 2.62. The van der Waals surface area contributed by atoms with Crippen LogP contribution in [0.2, 0.25) is 0 Å². The van der Waals surface area contributed by atoms with E-state index in [1.807, 2.05) is 0 Å². The van der Waals surface area contributed by atoms with Gasteiger partial charge in [0, 0.05) is 13.0 Å². The topological polar surface area (TPSA) is 119 Å². The first kappa shape index (κ1) is 22.6. The lowest BCUT2D eigenvalue weighted by atomic mass is 9.87. The first-order chi connectivity index (χ1) is 11.5. The molecule has 1 saturated heterocycles. The van der Waals surface area contributed by atoms with E-state index in [-0.39, 0.29) is 10.9 Å². The third-order valence-electron chi connectivity index (χ3n) is 3.31. The second-order valence-corrected chi connectivity index (χ2v) is 9.20. The molecule has 1 heterocycles. The molecule has 0 aromatic carbocycles. The van der Waals surface area contributed by atoms with Gasteiger partial charge in [-0.2, -0.15) is 12.7 Å². The number of nitrogens with zero attached hydrogens (tertiary/aromatic N) is 1. The molecule has 0 unspecified atom stereocenters. The Kier molecular flexibility index (Phi) is 6.32. The summed E-state index contributed by atoms with van der Waals surface area (Å²) in [5, 5.41) is 0. The number of esters is 1. The molecule has 152 valence electrons. The van der Waals surface area contributed by atoms with Crippen LogP contribution in [0.5, 0.6) is 0 Å². The normalized spacial score (nSPS) is 24.7. The maximum Gasteiger partial charge on any atom is 0.427 e. The molecule has 2 atom stereocenters. The second-order valence-electron chi connectivity index (χ2n) is 7.94. The summed E-state index contributed by atoms with van der Waals surface area (Å²) in [7, 11) is -5.37. The Balaban J connectivity index is 3.53. The zero-order valence-electron chi connectivity index (χ0n) is 15.7. The zero-order chi connectivity index (χ0) is 20.6. The minimum atomic E-state index is -5.37. The summed E-state index contributed by atoms with van der Waals surface area (Å²) in [6.07, 6.45) is -4.39. The molecule has 0 spiro atoms. The molecule has 1 aliphatic heterocycles. The lowest BCUT2D eigenvalue weighted by molar-refractivity contribution is -0.179. The predicted molar refractivity (Wildman–Crippen MR) is 88.5 cm³/mol. The molecule has 1 rings (SSSR count). The minimum Gasteiger partial charge on any atom is -0.458 e. The molecular weight excluding hydrogens is 372 g/mol. The lowest BCUT2D eigenvalue weighted by Crippen LogP contribution is -2.68. The summed E-state index contributed by atoms with van der Waals surface area (Å²) in [6, 6.07) is 0. The van der Waals surface area contributed by atoms with Crippen LogP contribution in [-0.4, -0.2) is 65.5 Å². The maximum atomic E-state index is 14.9. The first-order valence-corrected chi connectivity index (χ1v) is 9.36. The predicted octanol–water partition coefficient (Wildman–Crippen LogP) is 1.87. The summed E-state index contributed by atoms with van der Waals surface area (Å²) in [5.41, 5.74) is -4.89. The third-order valence-corrected chi connectivity index (χ3v) is 4.25. The third kappa shape index (κ3) is 5.27. The fourth-order valence-electron chi connectivity index (χ4n) is 2.38. The summed E-state index contributed by atoms with van der Waals surface area (Å²) in [4.78, 5) is 25.2. The number of ether oxygens (including phenoxy) is 3. The number of rotatable bonds is 3. The van der Waals surface area contributed by atoms with Crippen molar-refractivity contribution in [3.05, 3.63) is 0 Å². The molecule has 1 aliphatic rings. The Morgan fingerprint density at radius 2 is 1.65 bits per heavy atom.